The van der Waals surface area contributed by atoms with E-state index in [2.05, 4.69) is 5.32 Å². The Morgan fingerprint density at radius 1 is 1.35 bits per heavy atom. The smallest absolute Gasteiger partial charge is 0.256 e. The standard InChI is InChI=1S/C15H15Cl2NO2/c1-7-5-9(16)6-10(17)11(7)12-13(19)15(2,8-3-4-8)18-14(12)20/h5-6,8,19H,3-4H2,1-2H3,(H,18,20). The van der Waals surface area contributed by atoms with Crippen molar-refractivity contribution in [1.29, 1.82) is 0 Å². The first-order valence-electron chi connectivity index (χ1n) is 6.57. The molecular formula is C15H15Cl2NO2. The monoisotopic (exact) mass is 311 g/mol. The average molecular weight is 312 g/mol. The molecule has 1 unspecified atom stereocenters. The van der Waals surface area contributed by atoms with Gasteiger partial charge in [0.2, 0.25) is 0 Å². The second kappa shape index (κ2) is 4.40. The molecular weight excluding hydrogens is 297 g/mol. The van der Waals surface area contributed by atoms with Crippen LogP contribution >= 0.6 is 23.2 Å². The number of halogens is 2. The van der Waals surface area contributed by atoms with Crippen molar-refractivity contribution in [3.05, 3.63) is 39.1 Å². The fourth-order valence-corrected chi connectivity index (χ4v) is 3.62. The third-order valence-electron chi connectivity index (χ3n) is 4.23. The molecule has 106 valence electrons. The van der Waals surface area contributed by atoms with E-state index in [1.54, 1.807) is 12.1 Å². The van der Waals surface area contributed by atoms with Crippen LogP contribution in [0.4, 0.5) is 0 Å². The number of carbonyl (C=O) groups is 1. The Morgan fingerprint density at radius 3 is 2.55 bits per heavy atom. The van der Waals surface area contributed by atoms with Crippen LogP contribution in [0.15, 0.2) is 17.9 Å². The van der Waals surface area contributed by atoms with Crippen molar-refractivity contribution >= 4 is 34.7 Å². The summed E-state index contributed by atoms with van der Waals surface area (Å²) in [7, 11) is 0. The van der Waals surface area contributed by atoms with Crippen molar-refractivity contribution in [2.75, 3.05) is 0 Å². The van der Waals surface area contributed by atoms with E-state index in [0.717, 1.165) is 18.4 Å². The Labute approximate surface area is 127 Å². The largest absolute Gasteiger partial charge is 0.509 e. The zero-order valence-corrected chi connectivity index (χ0v) is 12.8. The molecule has 2 aliphatic rings. The molecule has 20 heavy (non-hydrogen) atoms. The third-order valence-corrected chi connectivity index (χ3v) is 4.74. The quantitative estimate of drug-likeness (QED) is 0.871. The molecule has 0 aromatic heterocycles. The molecule has 1 aliphatic heterocycles. The minimum Gasteiger partial charge on any atom is -0.509 e. The van der Waals surface area contributed by atoms with Gasteiger partial charge in [-0.05, 0) is 50.3 Å². The molecule has 3 nitrogen and oxygen atoms in total. The fourth-order valence-electron chi connectivity index (χ4n) is 2.93. The highest BCUT2D eigenvalue weighted by atomic mass is 35.5. The zero-order valence-electron chi connectivity index (χ0n) is 11.3. The highest BCUT2D eigenvalue weighted by Gasteiger charge is 2.52. The molecule has 0 radical (unpaired) electrons. The van der Waals surface area contributed by atoms with E-state index in [1.165, 1.54) is 0 Å². The van der Waals surface area contributed by atoms with Gasteiger partial charge in [-0.25, -0.2) is 0 Å². The number of benzene rings is 1. The summed E-state index contributed by atoms with van der Waals surface area (Å²) >= 11 is 12.2. The van der Waals surface area contributed by atoms with Crippen molar-refractivity contribution in [3.63, 3.8) is 0 Å². The maximum absolute atomic E-state index is 12.3. The SMILES string of the molecule is Cc1cc(Cl)cc(Cl)c1C1=C(O)C(C)(C2CC2)NC1=O. The lowest BCUT2D eigenvalue weighted by atomic mass is 9.91. The van der Waals surface area contributed by atoms with Crippen LogP contribution in [0.1, 0.15) is 30.9 Å². The van der Waals surface area contributed by atoms with E-state index < -0.39 is 5.54 Å². The molecule has 1 aromatic carbocycles. The molecule has 1 atom stereocenters. The summed E-state index contributed by atoms with van der Waals surface area (Å²) in [6.45, 7) is 3.69. The predicted molar refractivity (Wildman–Crippen MR) is 80.0 cm³/mol. The van der Waals surface area contributed by atoms with Crippen molar-refractivity contribution in [3.8, 4) is 0 Å². The van der Waals surface area contributed by atoms with Gasteiger partial charge < -0.3 is 10.4 Å². The first kappa shape index (κ1) is 13.8. The number of nitrogens with one attached hydrogen (secondary N) is 1. The van der Waals surface area contributed by atoms with E-state index in [4.69, 9.17) is 23.2 Å². The minimum atomic E-state index is -0.665. The topological polar surface area (TPSA) is 49.3 Å². The van der Waals surface area contributed by atoms with Gasteiger partial charge in [0, 0.05) is 10.6 Å². The summed E-state index contributed by atoms with van der Waals surface area (Å²) in [4.78, 5) is 12.3. The Balaban J connectivity index is 2.18. The number of carbonyl (C=O) groups excluding carboxylic acids is 1. The normalized spacial score (nSPS) is 26.1. The summed E-state index contributed by atoms with van der Waals surface area (Å²) in [5.74, 6) is 0.122. The summed E-state index contributed by atoms with van der Waals surface area (Å²) in [6, 6.07) is 3.33. The third kappa shape index (κ3) is 1.92. The maximum Gasteiger partial charge on any atom is 0.256 e. The van der Waals surface area contributed by atoms with Gasteiger partial charge >= 0.3 is 0 Å². The van der Waals surface area contributed by atoms with Gasteiger partial charge in [-0.2, -0.15) is 0 Å². The summed E-state index contributed by atoms with van der Waals surface area (Å²) < 4.78 is 0. The van der Waals surface area contributed by atoms with Gasteiger partial charge in [0.1, 0.15) is 5.76 Å². The highest BCUT2D eigenvalue weighted by Crippen LogP contribution is 2.48. The van der Waals surface area contributed by atoms with Crippen LogP contribution < -0.4 is 5.32 Å². The van der Waals surface area contributed by atoms with Crippen LogP contribution in [-0.4, -0.2) is 16.6 Å². The summed E-state index contributed by atoms with van der Waals surface area (Å²) in [5.41, 5.74) is 0.954. The second-order valence-corrected chi connectivity index (χ2v) is 6.58. The number of aryl methyl sites for hydroxylation is 1. The first-order chi connectivity index (χ1) is 9.34. The Morgan fingerprint density at radius 2 is 2.00 bits per heavy atom. The van der Waals surface area contributed by atoms with Crippen molar-refractivity contribution < 1.29 is 9.90 Å². The Hall–Kier alpha value is -1.19. The van der Waals surface area contributed by atoms with Crippen molar-refractivity contribution in [2.24, 2.45) is 5.92 Å². The molecule has 1 fully saturated rings. The number of rotatable bonds is 2. The van der Waals surface area contributed by atoms with Crippen LogP contribution in [0, 0.1) is 12.8 Å². The molecule has 3 rings (SSSR count). The van der Waals surface area contributed by atoms with E-state index in [1.807, 2.05) is 13.8 Å². The van der Waals surface area contributed by atoms with E-state index in [9.17, 15) is 9.90 Å². The lowest BCUT2D eigenvalue weighted by molar-refractivity contribution is -0.116. The van der Waals surface area contributed by atoms with Crippen LogP contribution in [0.3, 0.4) is 0 Å². The van der Waals surface area contributed by atoms with Gasteiger partial charge in [0.25, 0.3) is 5.91 Å². The van der Waals surface area contributed by atoms with Crippen LogP contribution in [0.2, 0.25) is 10.0 Å². The molecule has 1 aliphatic carbocycles. The summed E-state index contributed by atoms with van der Waals surface area (Å²) in [6.07, 6.45) is 2.03. The van der Waals surface area contributed by atoms with E-state index >= 15 is 0 Å². The van der Waals surface area contributed by atoms with Crippen molar-refractivity contribution in [2.45, 2.75) is 32.2 Å². The number of aliphatic hydroxyl groups excluding tert-OH is 1. The van der Waals surface area contributed by atoms with Crippen LogP contribution in [0.5, 0.6) is 0 Å². The fraction of sp³-hybridized carbons (Fsp3) is 0.400. The van der Waals surface area contributed by atoms with E-state index in [0.29, 0.717) is 21.5 Å². The average Bonchev–Trinajstić information content (AvgIpc) is 3.13. The minimum absolute atomic E-state index is 0.0947. The Bertz CT molecular complexity index is 626. The lowest BCUT2D eigenvalue weighted by Crippen LogP contribution is -2.43. The molecule has 5 heteroatoms. The molecule has 1 heterocycles. The van der Waals surface area contributed by atoms with Gasteiger partial charge in [0.05, 0.1) is 16.1 Å². The second-order valence-electron chi connectivity index (χ2n) is 5.73. The molecule has 1 amide bonds. The summed E-state index contributed by atoms with van der Waals surface area (Å²) in [5, 5.41) is 14.4. The van der Waals surface area contributed by atoms with Crippen molar-refractivity contribution in [1.82, 2.24) is 5.32 Å². The van der Waals surface area contributed by atoms with E-state index in [-0.39, 0.29) is 17.2 Å². The molecule has 1 aromatic rings. The Kier molecular flexibility index (Phi) is 3.03. The lowest BCUT2D eigenvalue weighted by Gasteiger charge is -2.24. The van der Waals surface area contributed by atoms with Crippen LogP contribution in [0.25, 0.3) is 5.57 Å². The number of aliphatic hydroxyl groups is 1. The number of hydrogen-bond acceptors (Lipinski definition) is 2. The molecule has 2 N–H and O–H groups in total. The van der Waals surface area contributed by atoms with Gasteiger partial charge in [-0.15, -0.1) is 0 Å². The molecule has 0 bridgehead atoms. The first-order valence-corrected chi connectivity index (χ1v) is 7.32. The maximum atomic E-state index is 12.3. The highest BCUT2D eigenvalue weighted by molar-refractivity contribution is 6.38. The van der Waals surface area contributed by atoms with Gasteiger partial charge in [-0.3, -0.25) is 4.79 Å². The van der Waals surface area contributed by atoms with Gasteiger partial charge in [-0.1, -0.05) is 23.2 Å². The zero-order chi connectivity index (χ0) is 14.7. The molecule has 0 saturated heterocycles. The molecule has 1 saturated carbocycles. The molecule has 0 spiro atoms. The van der Waals surface area contributed by atoms with Crippen LogP contribution in [-0.2, 0) is 4.79 Å². The predicted octanol–water partition coefficient (Wildman–Crippen LogP) is 3.87. The number of amides is 1. The van der Waals surface area contributed by atoms with Gasteiger partial charge in [0.15, 0.2) is 0 Å². The number of hydrogen-bond donors (Lipinski definition) is 2.